The minimum atomic E-state index is -0.241. The second-order valence-corrected chi connectivity index (χ2v) is 4.53. The highest BCUT2D eigenvalue weighted by atomic mass is 16.3. The molecule has 0 radical (unpaired) electrons. The zero-order valence-corrected chi connectivity index (χ0v) is 9.58. The fourth-order valence-electron chi connectivity index (χ4n) is 1.26. The molecular weight excluding hydrogens is 208 g/mol. The average Bonchev–Trinajstić information content (AvgIpc) is 2.61. The van der Waals surface area contributed by atoms with Gasteiger partial charge in [-0.2, -0.15) is 5.10 Å². The second kappa shape index (κ2) is 4.98. The minimum Gasteiger partial charge on any atom is -0.396 e. The van der Waals surface area contributed by atoms with Crippen molar-refractivity contribution in [3.63, 3.8) is 0 Å². The Labute approximate surface area is 94.2 Å². The van der Waals surface area contributed by atoms with Crippen LogP contribution in [-0.2, 0) is 0 Å². The number of rotatable bonds is 5. The van der Waals surface area contributed by atoms with Crippen LogP contribution in [0.1, 0.15) is 30.8 Å². The molecule has 0 aromatic carbocycles. The molecule has 1 amide bonds. The highest BCUT2D eigenvalue weighted by molar-refractivity contribution is 5.92. The number of carbonyl (C=O) groups excluding carboxylic acids is 1. The van der Waals surface area contributed by atoms with Crippen molar-refractivity contribution >= 4 is 11.7 Å². The lowest BCUT2D eigenvalue weighted by atomic mass is 9.90. The predicted molar refractivity (Wildman–Crippen MR) is 60.8 cm³/mol. The standard InChI is InChI=1S/C10H18N4O2/c1-10(2,3-4-15)6-12-9(16)7-5-8(11)14-13-7/h5,15H,3-4,6H2,1-2H3,(H,12,16)(H3,11,13,14). The SMILES string of the molecule is CC(C)(CCO)CNC(=O)c1cc(N)n[nH]1. The number of aliphatic hydroxyl groups excluding tert-OH is 1. The summed E-state index contributed by atoms with van der Waals surface area (Å²) < 4.78 is 0. The summed E-state index contributed by atoms with van der Waals surface area (Å²) >= 11 is 0. The van der Waals surface area contributed by atoms with Gasteiger partial charge in [-0.3, -0.25) is 9.89 Å². The van der Waals surface area contributed by atoms with Gasteiger partial charge in [-0.25, -0.2) is 0 Å². The third kappa shape index (κ3) is 3.54. The average molecular weight is 226 g/mol. The number of hydrogen-bond donors (Lipinski definition) is 4. The maximum Gasteiger partial charge on any atom is 0.269 e. The third-order valence-corrected chi connectivity index (χ3v) is 2.36. The Morgan fingerprint density at radius 2 is 2.38 bits per heavy atom. The summed E-state index contributed by atoms with van der Waals surface area (Å²) in [6, 6.07) is 1.48. The molecule has 0 aliphatic rings. The van der Waals surface area contributed by atoms with Crippen molar-refractivity contribution in [2.45, 2.75) is 20.3 Å². The normalized spacial score (nSPS) is 11.4. The zero-order chi connectivity index (χ0) is 12.2. The summed E-state index contributed by atoms with van der Waals surface area (Å²) in [7, 11) is 0. The van der Waals surface area contributed by atoms with Crippen molar-refractivity contribution in [3.05, 3.63) is 11.8 Å². The Hall–Kier alpha value is -1.56. The molecule has 0 atom stereocenters. The molecule has 0 saturated carbocycles. The summed E-state index contributed by atoms with van der Waals surface area (Å²) in [5, 5.41) is 17.8. The second-order valence-electron chi connectivity index (χ2n) is 4.53. The van der Waals surface area contributed by atoms with Crippen LogP contribution in [0.4, 0.5) is 5.82 Å². The maximum atomic E-state index is 11.6. The molecule has 0 bridgehead atoms. The van der Waals surface area contributed by atoms with E-state index in [2.05, 4.69) is 15.5 Å². The van der Waals surface area contributed by atoms with E-state index in [1.54, 1.807) is 0 Å². The molecule has 0 spiro atoms. The lowest BCUT2D eigenvalue weighted by molar-refractivity contribution is 0.0923. The Kier molecular flexibility index (Phi) is 3.89. The van der Waals surface area contributed by atoms with Crippen LogP contribution in [-0.4, -0.2) is 34.4 Å². The molecule has 0 unspecified atom stereocenters. The van der Waals surface area contributed by atoms with E-state index in [1.165, 1.54) is 6.07 Å². The summed E-state index contributed by atoms with van der Waals surface area (Å²) in [6.45, 7) is 4.56. The number of nitrogens with one attached hydrogen (secondary N) is 2. The number of nitrogen functional groups attached to an aromatic ring is 1. The van der Waals surface area contributed by atoms with E-state index in [0.717, 1.165) is 0 Å². The summed E-state index contributed by atoms with van der Waals surface area (Å²) in [5.74, 6) is 0.0509. The van der Waals surface area contributed by atoms with Crippen molar-refractivity contribution in [1.82, 2.24) is 15.5 Å². The summed E-state index contributed by atoms with van der Waals surface area (Å²) in [6.07, 6.45) is 0.637. The van der Waals surface area contributed by atoms with Gasteiger partial charge in [-0.15, -0.1) is 0 Å². The number of aliphatic hydroxyl groups is 1. The highest BCUT2D eigenvalue weighted by Gasteiger charge is 2.19. The van der Waals surface area contributed by atoms with Crippen LogP contribution in [0.2, 0.25) is 0 Å². The van der Waals surface area contributed by atoms with Gasteiger partial charge in [0.1, 0.15) is 11.5 Å². The topological polar surface area (TPSA) is 104 Å². The fourth-order valence-corrected chi connectivity index (χ4v) is 1.26. The fraction of sp³-hybridized carbons (Fsp3) is 0.600. The largest absolute Gasteiger partial charge is 0.396 e. The molecule has 1 aromatic heterocycles. The van der Waals surface area contributed by atoms with Gasteiger partial charge >= 0.3 is 0 Å². The monoisotopic (exact) mass is 226 g/mol. The van der Waals surface area contributed by atoms with E-state index in [-0.39, 0.29) is 17.9 Å². The van der Waals surface area contributed by atoms with Gasteiger partial charge < -0.3 is 16.2 Å². The van der Waals surface area contributed by atoms with Crippen LogP contribution in [0, 0.1) is 5.41 Å². The molecule has 0 saturated heterocycles. The van der Waals surface area contributed by atoms with Crippen molar-refractivity contribution in [2.75, 3.05) is 18.9 Å². The van der Waals surface area contributed by atoms with Gasteiger partial charge in [0.25, 0.3) is 5.91 Å². The van der Waals surface area contributed by atoms with Gasteiger partial charge in [0.15, 0.2) is 0 Å². The third-order valence-electron chi connectivity index (χ3n) is 2.36. The molecule has 6 nitrogen and oxygen atoms in total. The van der Waals surface area contributed by atoms with E-state index in [1.807, 2.05) is 13.8 Å². The molecule has 0 aliphatic heterocycles. The molecular formula is C10H18N4O2. The van der Waals surface area contributed by atoms with E-state index in [4.69, 9.17) is 10.8 Å². The number of nitrogens with zero attached hydrogens (tertiary/aromatic N) is 1. The summed E-state index contributed by atoms with van der Waals surface area (Å²) in [4.78, 5) is 11.6. The van der Waals surface area contributed by atoms with Gasteiger partial charge in [0.05, 0.1) is 0 Å². The van der Waals surface area contributed by atoms with E-state index < -0.39 is 0 Å². The van der Waals surface area contributed by atoms with Crippen LogP contribution in [0.25, 0.3) is 0 Å². The first-order valence-corrected chi connectivity index (χ1v) is 5.14. The quantitative estimate of drug-likeness (QED) is 0.573. The molecule has 1 rings (SSSR count). The van der Waals surface area contributed by atoms with Crippen LogP contribution in [0.5, 0.6) is 0 Å². The predicted octanol–water partition coefficient (Wildman–Crippen LogP) is 0.130. The molecule has 1 aromatic rings. The zero-order valence-electron chi connectivity index (χ0n) is 9.58. The maximum absolute atomic E-state index is 11.6. The summed E-state index contributed by atoms with van der Waals surface area (Å²) in [5.41, 5.74) is 5.61. The molecule has 6 heteroatoms. The van der Waals surface area contributed by atoms with Crippen molar-refractivity contribution in [1.29, 1.82) is 0 Å². The van der Waals surface area contributed by atoms with E-state index in [0.29, 0.717) is 24.5 Å². The molecule has 0 fully saturated rings. The molecule has 90 valence electrons. The number of nitrogens with two attached hydrogens (primary N) is 1. The van der Waals surface area contributed by atoms with Gasteiger partial charge in [0.2, 0.25) is 0 Å². The number of hydrogen-bond acceptors (Lipinski definition) is 4. The number of aromatic nitrogens is 2. The number of amides is 1. The van der Waals surface area contributed by atoms with Gasteiger partial charge in [0, 0.05) is 19.2 Å². The van der Waals surface area contributed by atoms with Crippen LogP contribution < -0.4 is 11.1 Å². The van der Waals surface area contributed by atoms with Crippen LogP contribution in [0.15, 0.2) is 6.07 Å². The van der Waals surface area contributed by atoms with Gasteiger partial charge in [-0.05, 0) is 11.8 Å². The molecule has 5 N–H and O–H groups in total. The first-order chi connectivity index (χ1) is 7.44. The Balaban J connectivity index is 2.47. The van der Waals surface area contributed by atoms with E-state index in [9.17, 15) is 4.79 Å². The highest BCUT2D eigenvalue weighted by Crippen LogP contribution is 2.18. The van der Waals surface area contributed by atoms with E-state index >= 15 is 0 Å². The number of H-pyrrole nitrogens is 1. The van der Waals surface area contributed by atoms with Crippen molar-refractivity contribution < 1.29 is 9.90 Å². The Morgan fingerprint density at radius 3 is 2.88 bits per heavy atom. The molecule has 16 heavy (non-hydrogen) atoms. The number of aromatic amines is 1. The van der Waals surface area contributed by atoms with Crippen LogP contribution >= 0.6 is 0 Å². The minimum absolute atomic E-state index is 0.111. The smallest absolute Gasteiger partial charge is 0.269 e. The number of anilines is 1. The van der Waals surface area contributed by atoms with Gasteiger partial charge in [-0.1, -0.05) is 13.8 Å². The van der Waals surface area contributed by atoms with Crippen molar-refractivity contribution in [3.8, 4) is 0 Å². The van der Waals surface area contributed by atoms with Crippen LogP contribution in [0.3, 0.4) is 0 Å². The van der Waals surface area contributed by atoms with Crippen molar-refractivity contribution in [2.24, 2.45) is 5.41 Å². The number of carbonyl (C=O) groups is 1. The first kappa shape index (κ1) is 12.5. The Morgan fingerprint density at radius 1 is 1.69 bits per heavy atom. The Bertz CT molecular complexity index is 359. The molecule has 0 aliphatic carbocycles. The lowest BCUT2D eigenvalue weighted by Gasteiger charge is -2.23. The molecule has 1 heterocycles. The first-order valence-electron chi connectivity index (χ1n) is 5.14. The lowest BCUT2D eigenvalue weighted by Crippen LogP contribution is -2.34.